The van der Waals surface area contributed by atoms with Crippen molar-refractivity contribution in [1.29, 1.82) is 0 Å². The molecule has 0 aliphatic heterocycles. The Labute approximate surface area is 187 Å². The molecule has 1 unspecified atom stereocenters. The highest BCUT2D eigenvalue weighted by atomic mass is 16.5. The van der Waals surface area contributed by atoms with Crippen LogP contribution in [0.1, 0.15) is 43.2 Å². The van der Waals surface area contributed by atoms with Gasteiger partial charge in [0.2, 0.25) is 5.91 Å². The monoisotopic (exact) mass is 436 g/mol. The van der Waals surface area contributed by atoms with Gasteiger partial charge in [0.1, 0.15) is 18.7 Å². The molecule has 0 saturated heterocycles. The van der Waals surface area contributed by atoms with Gasteiger partial charge in [-0.15, -0.1) is 0 Å². The van der Waals surface area contributed by atoms with Crippen molar-refractivity contribution < 1.29 is 24.2 Å². The average Bonchev–Trinajstić information content (AvgIpc) is 3.08. The Kier molecular flexibility index (Phi) is 6.17. The second-order valence-electron chi connectivity index (χ2n) is 8.60. The Bertz CT molecular complexity index is 987. The van der Waals surface area contributed by atoms with E-state index in [4.69, 9.17) is 4.74 Å². The van der Waals surface area contributed by atoms with Gasteiger partial charge < -0.3 is 20.1 Å². The smallest absolute Gasteiger partial charge is 0.407 e. The molecule has 2 atom stereocenters. The summed E-state index contributed by atoms with van der Waals surface area (Å²) in [6.45, 7) is 1.61. The summed E-state index contributed by atoms with van der Waals surface area (Å²) in [5.74, 6) is -1.57. The average molecular weight is 437 g/mol. The van der Waals surface area contributed by atoms with Crippen LogP contribution in [0.3, 0.4) is 0 Å². The van der Waals surface area contributed by atoms with Crippen LogP contribution in [0.15, 0.2) is 48.5 Å². The fraction of sp³-hybridized carbons (Fsp3) is 0.400. The fourth-order valence-corrected chi connectivity index (χ4v) is 4.50. The standard InChI is InChI=1S/C25H28N2O5/c1-15(24(29)30)27(2)23(28)22(16-8-7-9-16)26-25(31)32-14-21-19-12-5-3-10-17(19)18-11-4-6-13-20(18)21/h3-6,10-13,15-16,21-22H,7-9,14H2,1-2H3,(H,26,31)(H,29,30)/t15-,22?/m0/s1. The second-order valence-corrected chi connectivity index (χ2v) is 8.60. The number of carbonyl (C=O) groups excluding carboxylic acids is 2. The number of fused-ring (bicyclic) bond motifs is 3. The van der Waals surface area contributed by atoms with E-state index in [0.717, 1.165) is 41.5 Å². The van der Waals surface area contributed by atoms with Crippen LogP contribution in [0.4, 0.5) is 4.79 Å². The lowest BCUT2D eigenvalue weighted by atomic mass is 9.79. The van der Waals surface area contributed by atoms with Gasteiger partial charge in [0.25, 0.3) is 0 Å². The van der Waals surface area contributed by atoms with Gasteiger partial charge in [0.05, 0.1) is 0 Å². The van der Waals surface area contributed by atoms with Crippen molar-refractivity contribution in [2.24, 2.45) is 5.92 Å². The predicted octanol–water partition coefficient (Wildman–Crippen LogP) is 3.63. The number of aliphatic carboxylic acids is 1. The maximum atomic E-state index is 12.9. The zero-order valence-corrected chi connectivity index (χ0v) is 18.3. The first-order valence-corrected chi connectivity index (χ1v) is 11.0. The molecule has 2 amide bonds. The van der Waals surface area contributed by atoms with Crippen LogP contribution in [-0.4, -0.2) is 53.7 Å². The van der Waals surface area contributed by atoms with Gasteiger partial charge in [-0.2, -0.15) is 0 Å². The third-order valence-corrected chi connectivity index (χ3v) is 6.79. The third-order valence-electron chi connectivity index (χ3n) is 6.79. The summed E-state index contributed by atoms with van der Waals surface area (Å²) in [6.07, 6.45) is 1.96. The largest absolute Gasteiger partial charge is 0.480 e. The maximum absolute atomic E-state index is 12.9. The van der Waals surface area contributed by atoms with Crippen molar-refractivity contribution in [2.75, 3.05) is 13.7 Å². The van der Waals surface area contributed by atoms with Gasteiger partial charge in [0.15, 0.2) is 0 Å². The molecule has 2 aromatic carbocycles. The fourth-order valence-electron chi connectivity index (χ4n) is 4.50. The van der Waals surface area contributed by atoms with Crippen molar-refractivity contribution in [2.45, 2.75) is 44.2 Å². The molecule has 2 aromatic rings. The molecule has 7 heteroatoms. The molecule has 0 heterocycles. The minimum atomic E-state index is -1.09. The summed E-state index contributed by atoms with van der Waals surface area (Å²) in [5, 5.41) is 12.0. The summed E-state index contributed by atoms with van der Waals surface area (Å²) >= 11 is 0. The number of ether oxygens (including phenoxy) is 1. The number of carboxylic acids is 1. The first-order chi connectivity index (χ1) is 15.4. The van der Waals surface area contributed by atoms with Crippen LogP contribution in [-0.2, 0) is 14.3 Å². The minimum Gasteiger partial charge on any atom is -0.480 e. The summed E-state index contributed by atoms with van der Waals surface area (Å²) in [7, 11) is 1.45. The van der Waals surface area contributed by atoms with Crippen LogP contribution in [0, 0.1) is 5.92 Å². The predicted molar refractivity (Wildman–Crippen MR) is 119 cm³/mol. The lowest BCUT2D eigenvalue weighted by Gasteiger charge is -2.36. The van der Waals surface area contributed by atoms with Gasteiger partial charge in [-0.1, -0.05) is 55.0 Å². The molecule has 7 nitrogen and oxygen atoms in total. The zero-order chi connectivity index (χ0) is 22.8. The molecule has 0 spiro atoms. The molecule has 168 valence electrons. The Morgan fingerprint density at radius 1 is 1.06 bits per heavy atom. The van der Waals surface area contributed by atoms with Gasteiger partial charge in [-0.3, -0.25) is 4.79 Å². The van der Waals surface area contributed by atoms with Gasteiger partial charge in [-0.25, -0.2) is 9.59 Å². The first kappa shape index (κ1) is 21.9. The number of alkyl carbamates (subject to hydrolysis) is 1. The Morgan fingerprint density at radius 2 is 1.62 bits per heavy atom. The van der Waals surface area contributed by atoms with E-state index in [1.165, 1.54) is 18.9 Å². The Morgan fingerprint density at radius 3 is 2.12 bits per heavy atom. The summed E-state index contributed by atoms with van der Waals surface area (Å²) in [4.78, 5) is 38.1. The summed E-state index contributed by atoms with van der Waals surface area (Å²) < 4.78 is 5.59. The van der Waals surface area contributed by atoms with Gasteiger partial charge >= 0.3 is 12.1 Å². The molecular weight excluding hydrogens is 408 g/mol. The highest BCUT2D eigenvalue weighted by Crippen LogP contribution is 2.44. The molecule has 0 radical (unpaired) electrons. The van der Waals surface area contributed by atoms with Crippen molar-refractivity contribution in [3.05, 3.63) is 59.7 Å². The van der Waals surface area contributed by atoms with E-state index in [2.05, 4.69) is 17.4 Å². The summed E-state index contributed by atoms with van der Waals surface area (Å²) in [5.41, 5.74) is 4.51. The van der Waals surface area contributed by atoms with Gasteiger partial charge in [-0.05, 0) is 47.9 Å². The molecule has 0 aromatic heterocycles. The lowest BCUT2D eigenvalue weighted by molar-refractivity contribution is -0.149. The van der Waals surface area contributed by atoms with Crippen molar-refractivity contribution in [3.63, 3.8) is 0 Å². The maximum Gasteiger partial charge on any atom is 0.407 e. The van der Waals surface area contributed by atoms with Crippen molar-refractivity contribution >= 4 is 18.0 Å². The van der Waals surface area contributed by atoms with E-state index in [1.54, 1.807) is 0 Å². The SMILES string of the molecule is C[C@@H](C(=O)O)N(C)C(=O)C(NC(=O)OCC1c2ccccc2-c2ccccc21)C1CCC1. The Balaban J connectivity index is 1.44. The van der Waals surface area contributed by atoms with E-state index in [0.29, 0.717) is 0 Å². The van der Waals surface area contributed by atoms with E-state index in [9.17, 15) is 19.5 Å². The van der Waals surface area contributed by atoms with E-state index < -0.39 is 30.1 Å². The topological polar surface area (TPSA) is 95.9 Å². The lowest BCUT2D eigenvalue weighted by Crippen LogP contribution is -2.55. The molecular formula is C25H28N2O5. The number of rotatable bonds is 7. The van der Waals surface area contributed by atoms with Crippen molar-refractivity contribution in [1.82, 2.24) is 10.2 Å². The number of nitrogens with one attached hydrogen (secondary N) is 1. The number of hydrogen-bond acceptors (Lipinski definition) is 4. The minimum absolute atomic E-state index is 0.00794. The van der Waals surface area contributed by atoms with E-state index >= 15 is 0 Å². The molecule has 2 N–H and O–H groups in total. The Hall–Kier alpha value is -3.35. The molecule has 1 saturated carbocycles. The number of nitrogens with zero attached hydrogens (tertiary/aromatic N) is 1. The van der Waals surface area contributed by atoms with E-state index in [-0.39, 0.29) is 18.4 Å². The van der Waals surface area contributed by atoms with Crippen LogP contribution in [0.25, 0.3) is 11.1 Å². The molecule has 2 aliphatic carbocycles. The van der Waals surface area contributed by atoms with Crippen LogP contribution in [0.2, 0.25) is 0 Å². The zero-order valence-electron chi connectivity index (χ0n) is 18.3. The number of amides is 2. The van der Waals surface area contributed by atoms with Crippen LogP contribution in [0.5, 0.6) is 0 Å². The molecule has 0 bridgehead atoms. The third kappa shape index (κ3) is 4.07. The number of likely N-dealkylation sites (N-methyl/N-ethyl adjacent to an activating group) is 1. The van der Waals surface area contributed by atoms with Crippen LogP contribution < -0.4 is 5.32 Å². The molecule has 32 heavy (non-hydrogen) atoms. The number of carboxylic acid groups (broad SMARTS) is 1. The van der Waals surface area contributed by atoms with Crippen LogP contribution >= 0.6 is 0 Å². The van der Waals surface area contributed by atoms with Crippen molar-refractivity contribution in [3.8, 4) is 11.1 Å². The number of carbonyl (C=O) groups is 3. The molecule has 2 aliphatic rings. The quantitative estimate of drug-likeness (QED) is 0.691. The second kappa shape index (κ2) is 9.02. The summed E-state index contributed by atoms with van der Waals surface area (Å²) in [6, 6.07) is 14.4. The normalized spacial score (nSPS) is 16.8. The van der Waals surface area contributed by atoms with Gasteiger partial charge in [0, 0.05) is 13.0 Å². The molecule has 4 rings (SSSR count). The molecule has 1 fully saturated rings. The highest BCUT2D eigenvalue weighted by Gasteiger charge is 2.38. The first-order valence-electron chi connectivity index (χ1n) is 11.0. The van der Waals surface area contributed by atoms with E-state index in [1.807, 2.05) is 36.4 Å². The highest BCUT2D eigenvalue weighted by molar-refractivity contribution is 5.89. The number of hydrogen-bond donors (Lipinski definition) is 2. The number of benzene rings is 2.